The van der Waals surface area contributed by atoms with E-state index in [1.54, 1.807) is 0 Å². The van der Waals surface area contributed by atoms with E-state index in [4.69, 9.17) is 0 Å². The van der Waals surface area contributed by atoms with Gasteiger partial charge in [0, 0.05) is 31.7 Å². The summed E-state index contributed by atoms with van der Waals surface area (Å²) in [6, 6.07) is 22.7. The average molecular weight is 280 g/mol. The molecule has 0 aliphatic carbocycles. The van der Waals surface area contributed by atoms with Crippen molar-refractivity contribution >= 4 is 0 Å². The lowest BCUT2D eigenvalue weighted by molar-refractivity contribution is 0.123. The van der Waals surface area contributed by atoms with Crippen LogP contribution in [0.2, 0.25) is 0 Å². The molecule has 2 aromatic rings. The minimum atomic E-state index is 0.532. The van der Waals surface area contributed by atoms with Crippen molar-refractivity contribution in [2.75, 3.05) is 13.1 Å². The summed E-state index contributed by atoms with van der Waals surface area (Å²) in [7, 11) is 0. The van der Waals surface area contributed by atoms with Gasteiger partial charge in [-0.05, 0) is 24.5 Å². The monoisotopic (exact) mass is 280 g/mol. The number of benzene rings is 2. The highest BCUT2D eigenvalue weighted by Crippen LogP contribution is 2.17. The maximum absolute atomic E-state index is 3.69. The van der Waals surface area contributed by atoms with Crippen LogP contribution < -0.4 is 5.32 Å². The Morgan fingerprint density at radius 3 is 2.24 bits per heavy atom. The van der Waals surface area contributed by atoms with Crippen molar-refractivity contribution in [3.8, 4) is 0 Å². The van der Waals surface area contributed by atoms with Gasteiger partial charge in [-0.2, -0.15) is 0 Å². The highest BCUT2D eigenvalue weighted by molar-refractivity contribution is 5.18. The van der Waals surface area contributed by atoms with Gasteiger partial charge < -0.3 is 5.32 Å². The molecule has 0 amide bonds. The molecule has 0 spiro atoms. The fourth-order valence-electron chi connectivity index (χ4n) is 3.17. The molecule has 2 heteroatoms. The number of nitrogens with one attached hydrogen (secondary N) is 1. The molecular formula is C19H24N2. The van der Waals surface area contributed by atoms with E-state index in [1.807, 2.05) is 0 Å². The summed E-state index contributed by atoms with van der Waals surface area (Å²) in [5.41, 5.74) is 2.83. The molecule has 1 N–H and O–H groups in total. The third-order valence-corrected chi connectivity index (χ3v) is 4.49. The van der Waals surface area contributed by atoms with Gasteiger partial charge >= 0.3 is 0 Å². The van der Waals surface area contributed by atoms with E-state index in [1.165, 1.54) is 11.1 Å². The van der Waals surface area contributed by atoms with Crippen LogP contribution in [0.5, 0.6) is 0 Å². The predicted molar refractivity (Wildman–Crippen MR) is 88.3 cm³/mol. The summed E-state index contributed by atoms with van der Waals surface area (Å²) in [4.78, 5) is 2.60. The highest BCUT2D eigenvalue weighted by Gasteiger charge is 2.27. The SMILES string of the molecule is CC1[C@@H](Cc2ccccc2)NCCN1Cc1ccccc1. The maximum atomic E-state index is 3.69. The Balaban J connectivity index is 1.64. The van der Waals surface area contributed by atoms with Crippen molar-refractivity contribution in [2.24, 2.45) is 0 Å². The molecule has 110 valence electrons. The molecular weight excluding hydrogens is 256 g/mol. The lowest BCUT2D eigenvalue weighted by Gasteiger charge is -2.40. The summed E-state index contributed by atoms with van der Waals surface area (Å²) in [6.07, 6.45) is 1.10. The second-order valence-electron chi connectivity index (χ2n) is 5.95. The van der Waals surface area contributed by atoms with E-state index < -0.39 is 0 Å². The van der Waals surface area contributed by atoms with Crippen LogP contribution in [-0.4, -0.2) is 30.1 Å². The first kappa shape index (κ1) is 14.3. The van der Waals surface area contributed by atoms with Gasteiger partial charge in [-0.1, -0.05) is 60.7 Å². The molecule has 1 saturated heterocycles. The highest BCUT2D eigenvalue weighted by atomic mass is 15.2. The van der Waals surface area contributed by atoms with Crippen LogP contribution in [0.4, 0.5) is 0 Å². The van der Waals surface area contributed by atoms with Gasteiger partial charge in [0.05, 0.1) is 0 Å². The summed E-state index contributed by atoms with van der Waals surface area (Å²) < 4.78 is 0. The summed E-state index contributed by atoms with van der Waals surface area (Å²) >= 11 is 0. The molecule has 2 aromatic carbocycles. The van der Waals surface area contributed by atoms with Crippen molar-refractivity contribution in [1.82, 2.24) is 10.2 Å². The Bertz CT molecular complexity index is 489. The summed E-state index contributed by atoms with van der Waals surface area (Å²) in [5.74, 6) is 0. The molecule has 21 heavy (non-hydrogen) atoms. The number of nitrogens with zero attached hydrogens (tertiary/aromatic N) is 1. The van der Waals surface area contributed by atoms with Crippen LogP contribution in [0.1, 0.15) is 18.1 Å². The Morgan fingerprint density at radius 1 is 0.952 bits per heavy atom. The van der Waals surface area contributed by atoms with Gasteiger partial charge in [-0.25, -0.2) is 0 Å². The Kier molecular flexibility index (Phi) is 4.69. The largest absolute Gasteiger partial charge is 0.311 e. The lowest BCUT2D eigenvalue weighted by atomic mass is 9.97. The minimum Gasteiger partial charge on any atom is -0.311 e. The van der Waals surface area contributed by atoms with E-state index in [0.717, 1.165) is 26.1 Å². The van der Waals surface area contributed by atoms with E-state index in [-0.39, 0.29) is 0 Å². The molecule has 0 saturated carbocycles. The number of rotatable bonds is 4. The molecule has 2 nitrogen and oxygen atoms in total. The Morgan fingerprint density at radius 2 is 1.57 bits per heavy atom. The van der Waals surface area contributed by atoms with Gasteiger partial charge in [-0.15, -0.1) is 0 Å². The second kappa shape index (κ2) is 6.88. The number of hydrogen-bond donors (Lipinski definition) is 1. The van der Waals surface area contributed by atoms with Crippen LogP contribution >= 0.6 is 0 Å². The van der Waals surface area contributed by atoms with E-state index in [0.29, 0.717) is 12.1 Å². The standard InChI is InChI=1S/C19H24N2/c1-16-19(14-17-8-4-2-5-9-17)20-12-13-21(16)15-18-10-6-3-7-11-18/h2-11,16,19-20H,12-15H2,1H3/t16?,19-/m1/s1. The molecule has 0 bridgehead atoms. The Labute approximate surface area is 127 Å². The van der Waals surface area contributed by atoms with Gasteiger partial charge in [0.25, 0.3) is 0 Å². The minimum absolute atomic E-state index is 0.532. The van der Waals surface area contributed by atoms with Gasteiger partial charge in [0.15, 0.2) is 0 Å². The van der Waals surface area contributed by atoms with Crippen LogP contribution in [0.15, 0.2) is 60.7 Å². The van der Waals surface area contributed by atoms with E-state index in [9.17, 15) is 0 Å². The Hall–Kier alpha value is -1.64. The first-order valence-electron chi connectivity index (χ1n) is 7.88. The maximum Gasteiger partial charge on any atom is 0.0261 e. The third-order valence-electron chi connectivity index (χ3n) is 4.49. The number of hydrogen-bond acceptors (Lipinski definition) is 2. The zero-order valence-electron chi connectivity index (χ0n) is 12.7. The summed E-state index contributed by atoms with van der Waals surface area (Å²) in [6.45, 7) is 5.60. The van der Waals surface area contributed by atoms with Crippen molar-refractivity contribution in [3.63, 3.8) is 0 Å². The molecule has 1 aliphatic heterocycles. The van der Waals surface area contributed by atoms with Crippen molar-refractivity contribution in [1.29, 1.82) is 0 Å². The fraction of sp³-hybridized carbons (Fsp3) is 0.368. The normalized spacial score (nSPS) is 23.1. The quantitative estimate of drug-likeness (QED) is 0.926. The zero-order chi connectivity index (χ0) is 14.5. The molecule has 0 radical (unpaired) electrons. The van der Waals surface area contributed by atoms with Crippen LogP contribution in [-0.2, 0) is 13.0 Å². The topological polar surface area (TPSA) is 15.3 Å². The van der Waals surface area contributed by atoms with Crippen LogP contribution in [0.25, 0.3) is 0 Å². The molecule has 1 fully saturated rings. The van der Waals surface area contributed by atoms with Crippen molar-refractivity contribution < 1.29 is 0 Å². The van der Waals surface area contributed by atoms with Crippen molar-refractivity contribution in [3.05, 3.63) is 71.8 Å². The molecule has 1 aliphatic rings. The van der Waals surface area contributed by atoms with Gasteiger partial charge in [0.1, 0.15) is 0 Å². The first-order chi connectivity index (χ1) is 10.3. The van der Waals surface area contributed by atoms with Crippen LogP contribution in [0, 0.1) is 0 Å². The smallest absolute Gasteiger partial charge is 0.0261 e. The summed E-state index contributed by atoms with van der Waals surface area (Å²) in [5, 5.41) is 3.69. The molecule has 0 aromatic heterocycles. The molecule has 3 rings (SSSR count). The lowest BCUT2D eigenvalue weighted by Crippen LogP contribution is -2.56. The predicted octanol–water partition coefficient (Wildman–Crippen LogP) is 3.09. The first-order valence-corrected chi connectivity index (χ1v) is 7.88. The van der Waals surface area contributed by atoms with Gasteiger partial charge in [0.2, 0.25) is 0 Å². The second-order valence-corrected chi connectivity index (χ2v) is 5.95. The zero-order valence-corrected chi connectivity index (χ0v) is 12.7. The van der Waals surface area contributed by atoms with E-state index in [2.05, 4.69) is 77.8 Å². The molecule has 1 unspecified atom stereocenters. The third kappa shape index (κ3) is 3.72. The molecule has 2 atom stereocenters. The van der Waals surface area contributed by atoms with Crippen molar-refractivity contribution in [2.45, 2.75) is 32.0 Å². The number of piperazine rings is 1. The fourth-order valence-corrected chi connectivity index (χ4v) is 3.17. The van der Waals surface area contributed by atoms with E-state index >= 15 is 0 Å². The molecule has 1 heterocycles. The van der Waals surface area contributed by atoms with Crippen LogP contribution in [0.3, 0.4) is 0 Å². The van der Waals surface area contributed by atoms with Gasteiger partial charge in [-0.3, -0.25) is 4.90 Å². The average Bonchev–Trinajstić information content (AvgIpc) is 2.53.